The Morgan fingerprint density at radius 2 is 2.00 bits per heavy atom. The molecule has 0 aromatic carbocycles. The average Bonchev–Trinajstić information content (AvgIpc) is 2.21. The van der Waals surface area contributed by atoms with Gasteiger partial charge in [-0.15, -0.1) is 5.11 Å². The molecule has 0 aromatic rings. The fourth-order valence-electron chi connectivity index (χ4n) is 1.61. The third-order valence-electron chi connectivity index (χ3n) is 2.26. The van der Waals surface area contributed by atoms with E-state index < -0.39 is 0 Å². The second-order valence-corrected chi connectivity index (χ2v) is 3.45. The zero-order valence-corrected chi connectivity index (χ0v) is 9.38. The van der Waals surface area contributed by atoms with Crippen LogP contribution in [0.2, 0.25) is 0 Å². The summed E-state index contributed by atoms with van der Waals surface area (Å²) in [6.45, 7) is 7.48. The van der Waals surface area contributed by atoms with Gasteiger partial charge >= 0.3 is 0 Å². The normalized spacial score (nSPS) is 16.1. The Kier molecular flexibility index (Phi) is 4.43. The van der Waals surface area contributed by atoms with Crippen LogP contribution < -0.4 is 5.53 Å². The minimum Gasteiger partial charge on any atom is -0.273 e. The highest BCUT2D eigenvalue weighted by atomic mass is 15.7. The van der Waals surface area contributed by atoms with E-state index in [0.717, 1.165) is 37.9 Å². The van der Waals surface area contributed by atoms with Crippen molar-refractivity contribution in [2.24, 2.45) is 10.3 Å². The van der Waals surface area contributed by atoms with Gasteiger partial charge in [-0.2, -0.15) is 5.53 Å². The molecule has 4 heteroatoms. The lowest BCUT2D eigenvalue weighted by atomic mass is 10.1. The predicted octanol–water partition coefficient (Wildman–Crippen LogP) is 3.01. The molecule has 0 fully saturated rings. The molecule has 4 nitrogen and oxygen atoms in total. The molecule has 1 rings (SSSR count). The number of hydrogen-bond donors (Lipinski definition) is 1. The summed E-state index contributed by atoms with van der Waals surface area (Å²) in [6.07, 6.45) is 4.30. The van der Waals surface area contributed by atoms with Crippen molar-refractivity contribution in [1.82, 2.24) is 10.5 Å². The van der Waals surface area contributed by atoms with Crippen LogP contribution in [0.3, 0.4) is 0 Å². The molecule has 1 heterocycles. The summed E-state index contributed by atoms with van der Waals surface area (Å²) in [4.78, 5) is 0. The van der Waals surface area contributed by atoms with Gasteiger partial charge in [0.15, 0.2) is 0 Å². The maximum absolute atomic E-state index is 4.13. The van der Waals surface area contributed by atoms with E-state index in [2.05, 4.69) is 41.7 Å². The Morgan fingerprint density at radius 1 is 1.21 bits per heavy atom. The maximum Gasteiger partial charge on any atom is 0.0856 e. The van der Waals surface area contributed by atoms with Crippen molar-refractivity contribution >= 4 is 0 Å². The minimum atomic E-state index is 0.959. The minimum absolute atomic E-state index is 0.959. The molecular formula is C10H20N4. The molecular weight excluding hydrogens is 176 g/mol. The first kappa shape index (κ1) is 11.0. The van der Waals surface area contributed by atoms with Gasteiger partial charge in [0.2, 0.25) is 0 Å². The smallest absolute Gasteiger partial charge is 0.0856 e. The summed E-state index contributed by atoms with van der Waals surface area (Å²) in [5.74, 6) is 0. The van der Waals surface area contributed by atoms with Gasteiger partial charge in [-0.25, -0.2) is 0 Å². The molecule has 0 amide bonds. The summed E-state index contributed by atoms with van der Waals surface area (Å²) < 4.78 is 0. The first-order chi connectivity index (χ1) is 6.83. The molecule has 1 N–H and O–H groups in total. The molecule has 0 spiro atoms. The number of allylic oxidation sites excluding steroid dienone is 2. The Labute approximate surface area is 86.0 Å². The van der Waals surface area contributed by atoms with Crippen molar-refractivity contribution < 1.29 is 0 Å². The molecule has 0 saturated carbocycles. The fourth-order valence-corrected chi connectivity index (χ4v) is 1.61. The monoisotopic (exact) mass is 196 g/mol. The third kappa shape index (κ3) is 2.47. The topological polar surface area (TPSA) is 40.0 Å². The van der Waals surface area contributed by atoms with Crippen LogP contribution in [0.25, 0.3) is 0 Å². The van der Waals surface area contributed by atoms with Crippen LogP contribution in [0, 0.1) is 0 Å². The van der Waals surface area contributed by atoms with Crippen LogP contribution in [-0.2, 0) is 0 Å². The molecule has 1 aliphatic heterocycles. The highest BCUT2D eigenvalue weighted by Gasteiger charge is 2.15. The zero-order chi connectivity index (χ0) is 10.4. The number of hydrazine groups is 1. The molecule has 0 radical (unpaired) electrons. The van der Waals surface area contributed by atoms with Gasteiger partial charge < -0.3 is 0 Å². The lowest BCUT2D eigenvalue weighted by Crippen LogP contribution is -2.36. The average molecular weight is 196 g/mol. The molecule has 0 bridgehead atoms. The Morgan fingerprint density at radius 3 is 2.57 bits per heavy atom. The third-order valence-corrected chi connectivity index (χ3v) is 2.26. The van der Waals surface area contributed by atoms with Crippen LogP contribution in [-0.4, -0.2) is 11.6 Å². The number of hydrogen-bond acceptors (Lipinski definition) is 4. The van der Waals surface area contributed by atoms with E-state index in [9.17, 15) is 0 Å². The number of nitrogens with one attached hydrogen (secondary N) is 1. The predicted molar refractivity (Wildman–Crippen MR) is 57.2 cm³/mol. The molecule has 1 aliphatic rings. The van der Waals surface area contributed by atoms with E-state index in [1.807, 2.05) is 0 Å². The lowest BCUT2D eigenvalue weighted by Gasteiger charge is -2.29. The van der Waals surface area contributed by atoms with Gasteiger partial charge in [-0.05, 0) is 19.3 Å². The van der Waals surface area contributed by atoms with Crippen molar-refractivity contribution in [3.05, 3.63) is 11.4 Å². The molecule has 0 atom stereocenters. The fraction of sp³-hybridized carbons (Fsp3) is 0.800. The van der Waals surface area contributed by atoms with Crippen molar-refractivity contribution in [2.75, 3.05) is 6.54 Å². The quantitative estimate of drug-likeness (QED) is 0.734. The van der Waals surface area contributed by atoms with E-state index in [1.165, 1.54) is 5.70 Å². The summed E-state index contributed by atoms with van der Waals surface area (Å²) in [7, 11) is 0. The summed E-state index contributed by atoms with van der Waals surface area (Å²) in [6, 6.07) is 0. The largest absolute Gasteiger partial charge is 0.273 e. The van der Waals surface area contributed by atoms with Crippen LogP contribution in [0.1, 0.15) is 46.5 Å². The van der Waals surface area contributed by atoms with Gasteiger partial charge in [0.25, 0.3) is 0 Å². The van der Waals surface area contributed by atoms with E-state index >= 15 is 0 Å². The van der Waals surface area contributed by atoms with Gasteiger partial charge in [0.05, 0.1) is 11.4 Å². The van der Waals surface area contributed by atoms with Crippen molar-refractivity contribution in [3.8, 4) is 0 Å². The second-order valence-electron chi connectivity index (χ2n) is 3.45. The summed E-state index contributed by atoms with van der Waals surface area (Å²) >= 11 is 0. The standard InChI is InChI=1S/C10H20N4/c1-4-7-10-9(6-3)11-12-13-14(10)8-5-2/h4-8H2,1-3H3,(H,11,13). The van der Waals surface area contributed by atoms with E-state index in [1.54, 1.807) is 0 Å². The van der Waals surface area contributed by atoms with Crippen LogP contribution in [0.4, 0.5) is 0 Å². The summed E-state index contributed by atoms with van der Waals surface area (Å²) in [5, 5.41) is 10.2. The Hall–Kier alpha value is -1.06. The molecule has 80 valence electrons. The molecule has 14 heavy (non-hydrogen) atoms. The Bertz CT molecular complexity index is 232. The van der Waals surface area contributed by atoms with Crippen LogP contribution in [0.15, 0.2) is 21.7 Å². The highest BCUT2D eigenvalue weighted by Crippen LogP contribution is 2.21. The van der Waals surface area contributed by atoms with E-state index in [0.29, 0.717) is 0 Å². The van der Waals surface area contributed by atoms with E-state index in [4.69, 9.17) is 0 Å². The number of nitrogens with zero attached hydrogens (tertiary/aromatic N) is 3. The molecule has 0 aliphatic carbocycles. The second kappa shape index (κ2) is 5.62. The number of rotatable bonds is 5. The van der Waals surface area contributed by atoms with Gasteiger partial charge in [-0.3, -0.25) is 5.01 Å². The van der Waals surface area contributed by atoms with Crippen molar-refractivity contribution in [1.29, 1.82) is 0 Å². The Balaban J connectivity index is 2.78. The zero-order valence-electron chi connectivity index (χ0n) is 9.38. The van der Waals surface area contributed by atoms with Gasteiger partial charge in [0.1, 0.15) is 0 Å². The van der Waals surface area contributed by atoms with Gasteiger partial charge in [-0.1, -0.05) is 32.4 Å². The maximum atomic E-state index is 4.13. The first-order valence-electron chi connectivity index (χ1n) is 5.49. The molecule has 0 aromatic heterocycles. The molecule has 0 unspecified atom stereocenters. The van der Waals surface area contributed by atoms with Crippen LogP contribution >= 0.6 is 0 Å². The lowest BCUT2D eigenvalue weighted by molar-refractivity contribution is 0.217. The highest BCUT2D eigenvalue weighted by molar-refractivity contribution is 5.12. The first-order valence-corrected chi connectivity index (χ1v) is 5.49. The molecule has 0 saturated heterocycles. The van der Waals surface area contributed by atoms with Gasteiger partial charge in [0, 0.05) is 6.54 Å². The van der Waals surface area contributed by atoms with Crippen LogP contribution in [0.5, 0.6) is 0 Å². The summed E-state index contributed by atoms with van der Waals surface area (Å²) in [5.41, 5.74) is 5.39. The SMILES string of the molecule is CCCC1=C(CC)N=NNN1CCC. The van der Waals surface area contributed by atoms with E-state index in [-0.39, 0.29) is 0 Å². The van der Waals surface area contributed by atoms with Crippen molar-refractivity contribution in [3.63, 3.8) is 0 Å². The van der Waals surface area contributed by atoms with Crippen molar-refractivity contribution in [2.45, 2.75) is 46.5 Å².